The summed E-state index contributed by atoms with van der Waals surface area (Å²) < 4.78 is 41.4. The molecule has 0 aromatic heterocycles. The van der Waals surface area contributed by atoms with E-state index in [2.05, 4.69) is 11.4 Å². The van der Waals surface area contributed by atoms with Gasteiger partial charge in [-0.3, -0.25) is 4.79 Å². The average Bonchev–Trinajstić information content (AvgIpc) is 3.38. The van der Waals surface area contributed by atoms with Gasteiger partial charge in [0.15, 0.2) is 5.78 Å². The Kier molecular flexibility index (Phi) is 11.4. The molecule has 3 aliphatic carbocycles. The summed E-state index contributed by atoms with van der Waals surface area (Å²) in [5.74, 6) is -0.905. The topological polar surface area (TPSA) is 89.9 Å². The van der Waals surface area contributed by atoms with Crippen molar-refractivity contribution < 1.29 is 33.0 Å². The molecule has 0 unspecified atom stereocenters. The van der Waals surface area contributed by atoms with E-state index < -0.39 is 34.6 Å². The molecule has 3 aliphatic rings. The van der Waals surface area contributed by atoms with Crippen molar-refractivity contribution in [1.82, 2.24) is 10.2 Å². The molecule has 0 spiro atoms. The standard InChI is InChI=1S/C45H51F3N2O4/c1-29(2)49-42(53)50(27-34-14-7-12-32-11-5-6-16-37(32)34)28-44(54)23-21-40-38-20-18-31(24-36(51)19-17-30(3)10-9-22-43(40,44)4)25-39(38)41(52)33-13-8-15-35(26-33)45(46,47)48/h5-8,10-16,18,20,25-26,29,36,40,51,54H,9,17,19,21-24,27-28H2,1-4H3,(H,49,53)/t36-,40-,43-,44+/m0/s1. The first-order valence-corrected chi connectivity index (χ1v) is 19.0. The lowest BCUT2D eigenvalue weighted by atomic mass is 9.64. The molecule has 0 heterocycles. The number of rotatable bonds is 7. The molecule has 1 saturated carbocycles. The predicted octanol–water partition coefficient (Wildman–Crippen LogP) is 9.75. The Morgan fingerprint density at radius 2 is 1.70 bits per heavy atom. The van der Waals surface area contributed by atoms with E-state index in [1.807, 2.05) is 82.3 Å². The van der Waals surface area contributed by atoms with Gasteiger partial charge in [0.1, 0.15) is 0 Å². The van der Waals surface area contributed by atoms with E-state index in [1.54, 1.807) is 11.0 Å². The summed E-state index contributed by atoms with van der Waals surface area (Å²) in [6, 6.07) is 23.5. The second kappa shape index (κ2) is 15.7. The van der Waals surface area contributed by atoms with Crippen molar-refractivity contribution in [2.75, 3.05) is 6.54 Å². The third-order valence-electron chi connectivity index (χ3n) is 11.8. The maximum absolute atomic E-state index is 14.4. The van der Waals surface area contributed by atoms with Crippen LogP contribution in [0, 0.1) is 5.41 Å². The van der Waals surface area contributed by atoms with Gasteiger partial charge < -0.3 is 20.4 Å². The molecule has 4 aromatic rings. The monoisotopic (exact) mass is 740 g/mol. The Balaban J connectivity index is 1.45. The molecule has 2 amide bonds. The van der Waals surface area contributed by atoms with Gasteiger partial charge in [-0.25, -0.2) is 4.79 Å². The molecule has 286 valence electrons. The van der Waals surface area contributed by atoms with Crippen molar-refractivity contribution in [2.24, 2.45) is 5.41 Å². The quantitative estimate of drug-likeness (QED) is 0.130. The summed E-state index contributed by atoms with van der Waals surface area (Å²) in [6.45, 7) is 8.17. The number of alkyl halides is 3. The van der Waals surface area contributed by atoms with Crippen molar-refractivity contribution in [1.29, 1.82) is 0 Å². The fourth-order valence-electron chi connectivity index (χ4n) is 8.68. The number of hydrogen-bond donors (Lipinski definition) is 3. The molecule has 9 heteroatoms. The summed E-state index contributed by atoms with van der Waals surface area (Å²) in [5.41, 5.74) is 0.493. The second-order valence-corrected chi connectivity index (χ2v) is 16.0. The molecule has 1 fully saturated rings. The maximum atomic E-state index is 14.4. The van der Waals surface area contributed by atoms with Crippen LogP contribution < -0.4 is 5.32 Å². The SMILES string of the molecule is CC1=CCC[C@@]2(C)[C@@H](CC[C@@]2(O)CN(Cc2cccc3ccccc23)C(=O)NC(C)C)c2ccc(cc2C(=O)c2cccc(C(F)(F)F)c2)C[C@@H](O)CC1. The van der Waals surface area contributed by atoms with Crippen LogP contribution in [0.15, 0.2) is 96.6 Å². The highest BCUT2D eigenvalue weighted by atomic mass is 19.4. The molecule has 4 aromatic carbocycles. The number of allylic oxidation sites excluding steroid dienone is 2. The molecule has 0 aliphatic heterocycles. The van der Waals surface area contributed by atoms with Gasteiger partial charge in [-0.2, -0.15) is 13.2 Å². The van der Waals surface area contributed by atoms with Crippen LogP contribution in [0.1, 0.15) is 110 Å². The number of ketones is 1. The first-order valence-electron chi connectivity index (χ1n) is 19.0. The summed E-state index contributed by atoms with van der Waals surface area (Å²) in [5, 5.41) is 29.1. The zero-order chi connectivity index (χ0) is 38.8. The molecular formula is C45H51F3N2O4. The van der Waals surface area contributed by atoms with Crippen LogP contribution in [0.5, 0.6) is 0 Å². The number of amides is 2. The van der Waals surface area contributed by atoms with E-state index in [-0.39, 0.29) is 48.6 Å². The van der Waals surface area contributed by atoms with Crippen molar-refractivity contribution in [3.05, 3.63) is 130 Å². The number of aliphatic hydroxyl groups is 2. The van der Waals surface area contributed by atoms with E-state index >= 15 is 0 Å². The van der Waals surface area contributed by atoms with E-state index in [0.29, 0.717) is 49.7 Å². The Morgan fingerprint density at radius 1 is 0.963 bits per heavy atom. The number of benzene rings is 4. The van der Waals surface area contributed by atoms with Crippen LogP contribution in [0.3, 0.4) is 0 Å². The number of aliphatic hydroxyl groups excluding tert-OH is 1. The third kappa shape index (κ3) is 8.27. The zero-order valence-electron chi connectivity index (χ0n) is 31.5. The van der Waals surface area contributed by atoms with Gasteiger partial charge in [0.25, 0.3) is 0 Å². The lowest BCUT2D eigenvalue weighted by molar-refractivity contribution is -0.137. The Bertz CT molecular complexity index is 2040. The molecule has 54 heavy (non-hydrogen) atoms. The second-order valence-electron chi connectivity index (χ2n) is 16.0. The van der Waals surface area contributed by atoms with Gasteiger partial charge in [0, 0.05) is 29.1 Å². The summed E-state index contributed by atoms with van der Waals surface area (Å²) >= 11 is 0. The summed E-state index contributed by atoms with van der Waals surface area (Å²) in [6.07, 6.45) is 0.326. The minimum Gasteiger partial charge on any atom is -0.393 e. The predicted molar refractivity (Wildman–Crippen MR) is 206 cm³/mol. The lowest BCUT2D eigenvalue weighted by Gasteiger charge is -2.46. The van der Waals surface area contributed by atoms with Gasteiger partial charge in [0.2, 0.25) is 0 Å². The van der Waals surface area contributed by atoms with Crippen molar-refractivity contribution in [3.63, 3.8) is 0 Å². The molecule has 0 radical (unpaired) electrons. The average molecular weight is 741 g/mol. The van der Waals surface area contributed by atoms with Crippen molar-refractivity contribution in [3.8, 4) is 0 Å². The first-order chi connectivity index (χ1) is 25.6. The number of carbonyl (C=O) groups is 2. The van der Waals surface area contributed by atoms with Crippen LogP contribution in [-0.2, 0) is 19.1 Å². The summed E-state index contributed by atoms with van der Waals surface area (Å²) in [7, 11) is 0. The van der Waals surface area contributed by atoms with Crippen LogP contribution in [0.4, 0.5) is 18.0 Å². The number of halogens is 3. The largest absolute Gasteiger partial charge is 0.416 e. The van der Waals surface area contributed by atoms with E-state index in [1.165, 1.54) is 12.1 Å². The van der Waals surface area contributed by atoms with Crippen LogP contribution in [0.2, 0.25) is 0 Å². The first kappa shape index (κ1) is 39.2. The van der Waals surface area contributed by atoms with E-state index in [4.69, 9.17) is 0 Å². The van der Waals surface area contributed by atoms with Gasteiger partial charge in [-0.05, 0) is 117 Å². The molecule has 4 atom stereocenters. The van der Waals surface area contributed by atoms with Gasteiger partial charge in [0.05, 0.1) is 23.8 Å². The number of nitrogens with one attached hydrogen (secondary N) is 1. The number of carbonyl (C=O) groups excluding carboxylic acids is 2. The molecule has 3 N–H and O–H groups in total. The minimum atomic E-state index is -4.62. The zero-order valence-corrected chi connectivity index (χ0v) is 31.5. The fourth-order valence-corrected chi connectivity index (χ4v) is 8.68. The fraction of sp³-hybridized carbons (Fsp3) is 0.422. The Labute approximate surface area is 316 Å². The summed E-state index contributed by atoms with van der Waals surface area (Å²) in [4.78, 5) is 30.0. The molecular weight excluding hydrogens is 689 g/mol. The van der Waals surface area contributed by atoms with Gasteiger partial charge in [-0.15, -0.1) is 0 Å². The number of nitrogens with zero attached hydrogens (tertiary/aromatic N) is 1. The van der Waals surface area contributed by atoms with Gasteiger partial charge in [-0.1, -0.05) is 85.3 Å². The number of urea groups is 1. The van der Waals surface area contributed by atoms with Gasteiger partial charge >= 0.3 is 12.2 Å². The third-order valence-corrected chi connectivity index (χ3v) is 11.8. The minimum absolute atomic E-state index is 0.0334. The highest BCUT2D eigenvalue weighted by Crippen LogP contribution is 2.59. The maximum Gasteiger partial charge on any atom is 0.416 e. The molecule has 7 rings (SSSR count). The van der Waals surface area contributed by atoms with E-state index in [9.17, 15) is 33.0 Å². The van der Waals surface area contributed by atoms with Crippen molar-refractivity contribution in [2.45, 2.75) is 109 Å². The lowest BCUT2D eigenvalue weighted by Crippen LogP contribution is -2.55. The Hall–Kier alpha value is -4.47. The smallest absolute Gasteiger partial charge is 0.393 e. The number of fused-ring (bicyclic) bond motifs is 9. The molecule has 6 nitrogen and oxygen atoms in total. The highest BCUT2D eigenvalue weighted by molar-refractivity contribution is 6.10. The molecule has 0 saturated heterocycles. The highest BCUT2D eigenvalue weighted by Gasteiger charge is 2.57. The van der Waals surface area contributed by atoms with E-state index in [0.717, 1.165) is 34.0 Å². The van der Waals surface area contributed by atoms with Crippen LogP contribution in [0.25, 0.3) is 10.8 Å². The van der Waals surface area contributed by atoms with Crippen LogP contribution in [-0.4, -0.2) is 51.2 Å². The Morgan fingerprint density at radius 3 is 2.46 bits per heavy atom. The normalized spacial score (nSPS) is 23.5. The van der Waals surface area contributed by atoms with Crippen LogP contribution >= 0.6 is 0 Å². The number of hydrogen-bond acceptors (Lipinski definition) is 4. The van der Waals surface area contributed by atoms with Crippen molar-refractivity contribution >= 4 is 22.6 Å². The molecule has 2 bridgehead atoms.